The van der Waals surface area contributed by atoms with Crippen molar-refractivity contribution >= 4 is 5.57 Å². The Morgan fingerprint density at radius 3 is 2.69 bits per heavy atom. The Kier molecular flexibility index (Phi) is 2.00. The number of allylic oxidation sites excluding steroid dienone is 1. The van der Waals surface area contributed by atoms with Gasteiger partial charge in [-0.2, -0.15) is 5.26 Å². The third kappa shape index (κ3) is 1.32. The molecule has 0 unspecified atom stereocenters. The van der Waals surface area contributed by atoms with Crippen LogP contribution in [-0.2, 0) is 0 Å². The third-order valence-corrected chi connectivity index (χ3v) is 3.47. The van der Waals surface area contributed by atoms with Gasteiger partial charge in [0.2, 0.25) is 0 Å². The quantitative estimate of drug-likeness (QED) is 0.659. The minimum absolute atomic E-state index is 0.195. The van der Waals surface area contributed by atoms with E-state index in [1.165, 1.54) is 12.8 Å². The summed E-state index contributed by atoms with van der Waals surface area (Å²) in [7, 11) is 0. The van der Waals surface area contributed by atoms with Crippen molar-refractivity contribution in [1.82, 2.24) is 0 Å². The summed E-state index contributed by atoms with van der Waals surface area (Å²) in [6.07, 6.45) is 6.48. The molecule has 1 aromatic carbocycles. The summed E-state index contributed by atoms with van der Waals surface area (Å²) < 4.78 is 6.08. The number of rotatable bonds is 0. The fraction of sp³-hybridized carbons (Fsp3) is 0.357. The summed E-state index contributed by atoms with van der Waals surface area (Å²) >= 11 is 0. The van der Waals surface area contributed by atoms with Crippen molar-refractivity contribution in [3.05, 3.63) is 35.9 Å². The van der Waals surface area contributed by atoms with E-state index in [9.17, 15) is 5.26 Å². The maximum absolute atomic E-state index is 9.21. The summed E-state index contributed by atoms with van der Waals surface area (Å²) in [4.78, 5) is 0. The minimum atomic E-state index is -0.195. The van der Waals surface area contributed by atoms with E-state index in [2.05, 4.69) is 6.07 Å². The Bertz CT molecular complexity index is 490. The highest BCUT2D eigenvalue weighted by molar-refractivity contribution is 5.82. The Morgan fingerprint density at radius 1 is 1.19 bits per heavy atom. The van der Waals surface area contributed by atoms with Crippen LogP contribution >= 0.6 is 0 Å². The molecule has 2 heteroatoms. The van der Waals surface area contributed by atoms with Crippen molar-refractivity contribution in [3.63, 3.8) is 0 Å². The molecule has 1 aliphatic heterocycles. The predicted octanol–water partition coefficient (Wildman–Crippen LogP) is 3.30. The van der Waals surface area contributed by atoms with Crippen LogP contribution < -0.4 is 4.74 Å². The van der Waals surface area contributed by atoms with Gasteiger partial charge in [0.25, 0.3) is 0 Å². The molecule has 0 bridgehead atoms. The predicted molar refractivity (Wildman–Crippen MR) is 61.9 cm³/mol. The van der Waals surface area contributed by atoms with Crippen molar-refractivity contribution in [1.29, 1.82) is 5.26 Å². The molecule has 0 amide bonds. The average Bonchev–Trinajstić information content (AvgIpc) is 2.76. The molecule has 0 aromatic heterocycles. The molecule has 0 atom stereocenters. The Balaban J connectivity index is 2.12. The second kappa shape index (κ2) is 3.38. The van der Waals surface area contributed by atoms with E-state index < -0.39 is 0 Å². The normalized spacial score (nSPS) is 20.8. The molecule has 1 fully saturated rings. The zero-order valence-corrected chi connectivity index (χ0v) is 9.07. The van der Waals surface area contributed by atoms with Gasteiger partial charge in [0, 0.05) is 5.56 Å². The van der Waals surface area contributed by atoms with Gasteiger partial charge >= 0.3 is 0 Å². The largest absolute Gasteiger partial charge is 0.482 e. The Labute approximate surface area is 95.2 Å². The summed E-state index contributed by atoms with van der Waals surface area (Å²) in [5, 5.41) is 9.21. The van der Waals surface area contributed by atoms with Crippen LogP contribution in [0.3, 0.4) is 0 Å². The van der Waals surface area contributed by atoms with Crippen LogP contribution in [0.25, 0.3) is 5.57 Å². The molecule has 2 aliphatic rings. The second-order valence-corrected chi connectivity index (χ2v) is 4.54. The highest BCUT2D eigenvalue weighted by Crippen LogP contribution is 2.43. The van der Waals surface area contributed by atoms with Crippen LogP contribution in [0.4, 0.5) is 0 Å². The molecule has 16 heavy (non-hydrogen) atoms. The molecule has 80 valence electrons. The number of nitrogens with zero attached hydrogens (tertiary/aromatic N) is 1. The number of nitriles is 1. The fourth-order valence-electron chi connectivity index (χ4n) is 2.68. The van der Waals surface area contributed by atoms with Crippen molar-refractivity contribution < 1.29 is 4.74 Å². The molecule has 2 nitrogen and oxygen atoms in total. The van der Waals surface area contributed by atoms with Gasteiger partial charge in [-0.25, -0.2) is 0 Å². The molecule has 0 saturated heterocycles. The highest BCUT2D eigenvalue weighted by Gasteiger charge is 2.38. The maximum atomic E-state index is 9.21. The first kappa shape index (κ1) is 9.47. The van der Waals surface area contributed by atoms with E-state index in [1.54, 1.807) is 0 Å². The van der Waals surface area contributed by atoms with Gasteiger partial charge in [-0.05, 0) is 43.9 Å². The highest BCUT2D eigenvalue weighted by atomic mass is 16.5. The Hall–Kier alpha value is -1.75. The topological polar surface area (TPSA) is 33.0 Å². The monoisotopic (exact) mass is 211 g/mol. The zero-order valence-electron chi connectivity index (χ0n) is 9.07. The van der Waals surface area contributed by atoms with Crippen LogP contribution in [-0.4, -0.2) is 5.60 Å². The molecule has 1 aliphatic carbocycles. The summed E-state index contributed by atoms with van der Waals surface area (Å²) in [5.41, 5.74) is 1.51. The molecule has 3 rings (SSSR count). The molecular formula is C14H13NO. The van der Waals surface area contributed by atoms with E-state index in [1.807, 2.05) is 30.3 Å². The minimum Gasteiger partial charge on any atom is -0.482 e. The number of fused-ring (bicyclic) bond motifs is 1. The lowest BCUT2D eigenvalue weighted by Crippen LogP contribution is -2.32. The lowest BCUT2D eigenvalue weighted by Gasteiger charge is -2.32. The summed E-state index contributed by atoms with van der Waals surface area (Å²) in [6.45, 7) is 0. The molecule has 0 radical (unpaired) electrons. The van der Waals surface area contributed by atoms with Crippen LogP contribution in [0.5, 0.6) is 5.75 Å². The van der Waals surface area contributed by atoms with Gasteiger partial charge < -0.3 is 4.74 Å². The summed E-state index contributed by atoms with van der Waals surface area (Å²) in [6, 6.07) is 10.1. The van der Waals surface area contributed by atoms with Gasteiger partial charge in [0.1, 0.15) is 11.4 Å². The SMILES string of the molecule is N#CC1=CC2(CCCC2)Oc2ccccc21. The van der Waals surface area contributed by atoms with E-state index in [0.29, 0.717) is 0 Å². The first-order chi connectivity index (χ1) is 7.83. The van der Waals surface area contributed by atoms with Gasteiger partial charge in [-0.15, -0.1) is 0 Å². The van der Waals surface area contributed by atoms with Gasteiger partial charge in [0.15, 0.2) is 0 Å². The molecule has 1 spiro atoms. The van der Waals surface area contributed by atoms with E-state index in [-0.39, 0.29) is 5.60 Å². The van der Waals surface area contributed by atoms with Crippen LogP contribution in [0, 0.1) is 11.3 Å². The average molecular weight is 211 g/mol. The fourth-order valence-corrected chi connectivity index (χ4v) is 2.68. The number of benzene rings is 1. The molecule has 1 saturated carbocycles. The van der Waals surface area contributed by atoms with E-state index in [4.69, 9.17) is 4.74 Å². The van der Waals surface area contributed by atoms with Crippen LogP contribution in [0.15, 0.2) is 30.3 Å². The second-order valence-electron chi connectivity index (χ2n) is 4.54. The molecular weight excluding hydrogens is 198 g/mol. The number of hydrogen-bond acceptors (Lipinski definition) is 2. The standard InChI is InChI=1S/C14H13NO/c15-10-11-9-14(7-3-4-8-14)16-13-6-2-1-5-12(11)13/h1-2,5-6,9H,3-4,7-8H2. The van der Waals surface area contributed by atoms with Crippen molar-refractivity contribution in [2.24, 2.45) is 0 Å². The van der Waals surface area contributed by atoms with Gasteiger partial charge in [-0.1, -0.05) is 12.1 Å². The first-order valence-corrected chi connectivity index (χ1v) is 5.74. The number of ether oxygens (including phenoxy) is 1. The lowest BCUT2D eigenvalue weighted by molar-refractivity contribution is 0.125. The van der Waals surface area contributed by atoms with Crippen LogP contribution in [0.2, 0.25) is 0 Å². The first-order valence-electron chi connectivity index (χ1n) is 5.74. The van der Waals surface area contributed by atoms with Crippen LogP contribution in [0.1, 0.15) is 31.2 Å². The number of hydrogen-bond donors (Lipinski definition) is 0. The van der Waals surface area contributed by atoms with Gasteiger partial charge in [-0.3, -0.25) is 0 Å². The van der Waals surface area contributed by atoms with Crippen molar-refractivity contribution in [3.8, 4) is 11.8 Å². The molecule has 0 N–H and O–H groups in total. The van der Waals surface area contributed by atoms with Crippen molar-refractivity contribution in [2.75, 3.05) is 0 Å². The Morgan fingerprint density at radius 2 is 1.94 bits per heavy atom. The molecule has 1 heterocycles. The smallest absolute Gasteiger partial charge is 0.129 e. The van der Waals surface area contributed by atoms with E-state index >= 15 is 0 Å². The third-order valence-electron chi connectivity index (χ3n) is 3.47. The van der Waals surface area contributed by atoms with E-state index in [0.717, 1.165) is 29.7 Å². The van der Waals surface area contributed by atoms with Gasteiger partial charge in [0.05, 0.1) is 11.6 Å². The molecule has 1 aromatic rings. The lowest BCUT2D eigenvalue weighted by atomic mass is 9.92. The van der Waals surface area contributed by atoms with Crippen molar-refractivity contribution in [2.45, 2.75) is 31.3 Å². The number of para-hydroxylation sites is 1. The zero-order chi connectivity index (χ0) is 11.0. The maximum Gasteiger partial charge on any atom is 0.129 e. The summed E-state index contributed by atoms with van der Waals surface area (Å²) in [5.74, 6) is 0.864.